The zero-order valence-electron chi connectivity index (χ0n) is 13.3. The third-order valence-corrected chi connectivity index (χ3v) is 5.49. The molecule has 9 heteroatoms. The first-order valence-corrected chi connectivity index (χ1v) is 9.11. The topological polar surface area (TPSA) is 59.2 Å². The molecule has 2 aromatic rings. The van der Waals surface area contributed by atoms with E-state index in [0.717, 1.165) is 35.7 Å². The van der Waals surface area contributed by atoms with Gasteiger partial charge in [-0.25, -0.2) is 4.98 Å². The number of carbonyl (C=O) groups is 1. The Labute approximate surface area is 173 Å². The Morgan fingerprint density at radius 3 is 2.80 bits per heavy atom. The third-order valence-electron chi connectivity index (χ3n) is 4.02. The first kappa shape index (κ1) is 22.5. The molecule has 0 saturated carbocycles. The molecule has 1 aromatic carbocycles. The van der Waals surface area contributed by atoms with Crippen LogP contribution in [0.15, 0.2) is 23.6 Å². The van der Waals surface area contributed by atoms with Crippen LogP contribution in [0.5, 0.6) is 0 Å². The van der Waals surface area contributed by atoms with Gasteiger partial charge in [-0.3, -0.25) is 4.79 Å². The van der Waals surface area contributed by atoms with Crippen molar-refractivity contribution in [1.82, 2.24) is 9.88 Å². The quantitative estimate of drug-likeness (QED) is 0.760. The third kappa shape index (κ3) is 5.22. The number of nitrogens with two attached hydrogens (primary N) is 1. The van der Waals surface area contributed by atoms with E-state index in [2.05, 4.69) is 4.98 Å². The molecular weight excluding hydrogens is 424 g/mol. The predicted molar refractivity (Wildman–Crippen MR) is 110 cm³/mol. The lowest BCUT2D eigenvalue weighted by atomic mass is 10.2. The lowest BCUT2D eigenvalue weighted by Gasteiger charge is -2.23. The van der Waals surface area contributed by atoms with Gasteiger partial charge in [0.15, 0.2) is 0 Å². The number of hydrogen-bond donors (Lipinski definition) is 1. The Bertz CT molecular complexity index is 725. The molecule has 0 spiro atoms. The number of carbonyl (C=O) groups excluding carboxylic acids is 1. The number of aromatic nitrogens is 1. The highest BCUT2D eigenvalue weighted by Crippen LogP contribution is 2.32. The number of nitrogens with zero attached hydrogens (tertiary/aromatic N) is 2. The van der Waals surface area contributed by atoms with Crippen molar-refractivity contribution in [2.75, 3.05) is 13.1 Å². The van der Waals surface area contributed by atoms with Crippen molar-refractivity contribution in [2.45, 2.75) is 25.3 Å². The summed E-state index contributed by atoms with van der Waals surface area (Å²) >= 11 is 13.6. The van der Waals surface area contributed by atoms with Crippen LogP contribution in [0.2, 0.25) is 10.0 Å². The lowest BCUT2D eigenvalue weighted by Crippen LogP contribution is -2.40. The van der Waals surface area contributed by atoms with Crippen LogP contribution >= 0.6 is 59.4 Å². The molecule has 0 aliphatic carbocycles. The molecule has 1 fully saturated rings. The van der Waals surface area contributed by atoms with Gasteiger partial charge in [0, 0.05) is 35.1 Å². The molecule has 4 nitrogen and oxygen atoms in total. The second-order valence-corrected chi connectivity index (χ2v) is 7.27. The van der Waals surface area contributed by atoms with Crippen molar-refractivity contribution in [3.8, 4) is 10.6 Å². The summed E-state index contributed by atoms with van der Waals surface area (Å²) in [6.07, 6.45) is 2.32. The standard InChI is InChI=1S/C16H17Cl2N3OS.2ClH/c17-10-3-4-13(14(18)6-10)16-20-11(9-23-16)7-15(22)21-5-1-2-12(21)8-19;;/h3-4,6,9,12H,1-2,5,7-8,19H2;2*1H. The second kappa shape index (κ2) is 9.95. The average Bonchev–Trinajstić information content (AvgIpc) is 3.15. The van der Waals surface area contributed by atoms with E-state index in [1.165, 1.54) is 11.3 Å². The van der Waals surface area contributed by atoms with Crippen LogP contribution in [-0.2, 0) is 11.2 Å². The van der Waals surface area contributed by atoms with Crippen LogP contribution in [0.4, 0.5) is 0 Å². The minimum Gasteiger partial charge on any atom is -0.338 e. The van der Waals surface area contributed by atoms with E-state index < -0.39 is 0 Å². The normalized spacial score (nSPS) is 16.3. The van der Waals surface area contributed by atoms with E-state index in [4.69, 9.17) is 28.9 Å². The summed E-state index contributed by atoms with van der Waals surface area (Å²) in [5.74, 6) is 0.0944. The van der Waals surface area contributed by atoms with Gasteiger partial charge >= 0.3 is 0 Å². The fourth-order valence-corrected chi connectivity index (χ4v) is 4.25. The van der Waals surface area contributed by atoms with Gasteiger partial charge in [-0.05, 0) is 31.0 Å². The maximum Gasteiger partial charge on any atom is 0.228 e. The molecule has 1 aliphatic heterocycles. The smallest absolute Gasteiger partial charge is 0.228 e. The van der Waals surface area contributed by atoms with Gasteiger partial charge in [0.05, 0.1) is 17.1 Å². The molecule has 1 atom stereocenters. The van der Waals surface area contributed by atoms with Crippen LogP contribution in [-0.4, -0.2) is 34.9 Å². The average molecular weight is 443 g/mol. The highest BCUT2D eigenvalue weighted by atomic mass is 35.5. The Kier molecular flexibility index (Phi) is 8.95. The Hall–Kier alpha value is -0.560. The molecule has 2 N–H and O–H groups in total. The molecule has 138 valence electrons. The molecule has 25 heavy (non-hydrogen) atoms. The minimum absolute atomic E-state index is 0. The summed E-state index contributed by atoms with van der Waals surface area (Å²) < 4.78 is 0. The molecule has 0 radical (unpaired) electrons. The number of amides is 1. The van der Waals surface area contributed by atoms with Crippen LogP contribution in [0, 0.1) is 0 Å². The number of benzene rings is 1. The molecule has 1 aliphatic rings. The van der Waals surface area contributed by atoms with Gasteiger partial charge in [-0.2, -0.15) is 0 Å². The van der Waals surface area contributed by atoms with Gasteiger partial charge in [0.25, 0.3) is 0 Å². The molecule has 1 aromatic heterocycles. The van der Waals surface area contributed by atoms with Crippen molar-refractivity contribution < 1.29 is 4.79 Å². The summed E-state index contributed by atoms with van der Waals surface area (Å²) in [4.78, 5) is 18.9. The second-order valence-electron chi connectivity index (χ2n) is 5.56. The van der Waals surface area contributed by atoms with Gasteiger partial charge in [0.2, 0.25) is 5.91 Å². The Morgan fingerprint density at radius 1 is 1.36 bits per heavy atom. The summed E-state index contributed by atoms with van der Waals surface area (Å²) in [7, 11) is 0. The molecule has 1 unspecified atom stereocenters. The number of hydrogen-bond acceptors (Lipinski definition) is 4. The molecule has 3 rings (SSSR count). The summed E-state index contributed by atoms with van der Waals surface area (Å²) in [6.45, 7) is 1.31. The number of rotatable bonds is 4. The van der Waals surface area contributed by atoms with Gasteiger partial charge in [0.1, 0.15) is 5.01 Å². The van der Waals surface area contributed by atoms with Crippen molar-refractivity contribution >= 4 is 65.3 Å². The lowest BCUT2D eigenvalue weighted by molar-refractivity contribution is -0.131. The molecule has 0 bridgehead atoms. The largest absolute Gasteiger partial charge is 0.338 e. The number of likely N-dealkylation sites (tertiary alicyclic amines) is 1. The summed E-state index contributed by atoms with van der Waals surface area (Å²) in [5.41, 5.74) is 7.33. The monoisotopic (exact) mass is 441 g/mol. The van der Waals surface area contributed by atoms with E-state index in [9.17, 15) is 4.79 Å². The zero-order valence-corrected chi connectivity index (χ0v) is 17.2. The predicted octanol–water partition coefficient (Wildman–Crippen LogP) is 4.45. The highest BCUT2D eigenvalue weighted by Gasteiger charge is 2.27. The fourth-order valence-electron chi connectivity index (χ4n) is 2.84. The van der Waals surface area contributed by atoms with Crippen LogP contribution in [0.25, 0.3) is 10.6 Å². The zero-order chi connectivity index (χ0) is 16.4. The van der Waals surface area contributed by atoms with Crippen molar-refractivity contribution in [3.63, 3.8) is 0 Å². The number of thiazole rings is 1. The maximum atomic E-state index is 12.4. The van der Waals surface area contributed by atoms with Crippen LogP contribution < -0.4 is 5.73 Å². The van der Waals surface area contributed by atoms with E-state index in [0.29, 0.717) is 23.0 Å². The summed E-state index contributed by atoms with van der Waals surface area (Å²) in [5, 5.41) is 3.86. The first-order valence-electron chi connectivity index (χ1n) is 7.48. The van der Waals surface area contributed by atoms with Gasteiger partial charge < -0.3 is 10.6 Å². The minimum atomic E-state index is 0. The van der Waals surface area contributed by atoms with Crippen LogP contribution in [0.1, 0.15) is 18.5 Å². The van der Waals surface area contributed by atoms with E-state index in [1.54, 1.807) is 12.1 Å². The Morgan fingerprint density at radius 2 is 2.12 bits per heavy atom. The molecule has 2 heterocycles. The van der Waals surface area contributed by atoms with Gasteiger partial charge in [-0.1, -0.05) is 23.2 Å². The number of halogens is 4. The van der Waals surface area contributed by atoms with Gasteiger partial charge in [-0.15, -0.1) is 36.2 Å². The Balaban J connectivity index is 0.00000156. The van der Waals surface area contributed by atoms with Crippen LogP contribution in [0.3, 0.4) is 0 Å². The molecular formula is C16H19Cl4N3OS. The SMILES string of the molecule is Cl.Cl.NCC1CCCN1C(=O)Cc1csc(-c2ccc(Cl)cc2Cl)n1. The van der Waals surface area contributed by atoms with E-state index in [-0.39, 0.29) is 36.8 Å². The van der Waals surface area contributed by atoms with E-state index in [1.807, 2.05) is 16.3 Å². The highest BCUT2D eigenvalue weighted by molar-refractivity contribution is 7.13. The van der Waals surface area contributed by atoms with Crippen molar-refractivity contribution in [3.05, 3.63) is 39.3 Å². The van der Waals surface area contributed by atoms with E-state index >= 15 is 0 Å². The van der Waals surface area contributed by atoms with Crippen molar-refractivity contribution in [1.29, 1.82) is 0 Å². The summed E-state index contributed by atoms with van der Waals surface area (Å²) in [6, 6.07) is 5.50. The van der Waals surface area contributed by atoms with Crippen molar-refractivity contribution in [2.24, 2.45) is 5.73 Å². The maximum absolute atomic E-state index is 12.4. The molecule has 1 saturated heterocycles. The fraction of sp³-hybridized carbons (Fsp3) is 0.375. The first-order chi connectivity index (χ1) is 11.1. The molecule has 1 amide bonds.